The Kier molecular flexibility index (Phi) is 5.95. The maximum Gasteiger partial charge on any atom is 0.295 e. The summed E-state index contributed by atoms with van der Waals surface area (Å²) in [6.07, 6.45) is 1.63. The fourth-order valence-electron chi connectivity index (χ4n) is 4.11. The molecule has 7 heteroatoms. The van der Waals surface area contributed by atoms with Gasteiger partial charge in [0.1, 0.15) is 17.3 Å². The molecule has 4 rings (SSSR count). The van der Waals surface area contributed by atoms with Crippen LogP contribution >= 0.6 is 0 Å². The van der Waals surface area contributed by atoms with Gasteiger partial charge in [0.2, 0.25) is 0 Å². The highest BCUT2D eigenvalue weighted by Gasteiger charge is 2.47. The zero-order valence-electron chi connectivity index (χ0n) is 17.5. The van der Waals surface area contributed by atoms with Crippen molar-refractivity contribution in [1.82, 2.24) is 4.90 Å². The highest BCUT2D eigenvalue weighted by molar-refractivity contribution is 6.46. The first-order valence-corrected chi connectivity index (χ1v) is 10.2. The minimum Gasteiger partial charge on any atom is -0.507 e. The van der Waals surface area contributed by atoms with Crippen LogP contribution < -0.4 is 9.47 Å². The highest BCUT2D eigenvalue weighted by atomic mass is 16.5. The quantitative estimate of drug-likeness (QED) is 0.436. The summed E-state index contributed by atoms with van der Waals surface area (Å²) < 4.78 is 16.1. The largest absolute Gasteiger partial charge is 0.507 e. The number of benzene rings is 2. The molecule has 0 radical (unpaired) electrons. The second kappa shape index (κ2) is 8.81. The van der Waals surface area contributed by atoms with Crippen molar-refractivity contribution in [3.8, 4) is 11.5 Å². The third-order valence-corrected chi connectivity index (χ3v) is 5.76. The first kappa shape index (κ1) is 20.9. The van der Waals surface area contributed by atoms with Crippen LogP contribution in [0.15, 0.2) is 54.1 Å². The number of aliphatic hydroxyl groups excluding tert-OH is 1. The molecule has 2 aliphatic rings. The molecule has 0 aliphatic carbocycles. The number of amides is 1. The van der Waals surface area contributed by atoms with E-state index in [1.807, 2.05) is 0 Å². The predicted octanol–water partition coefficient (Wildman–Crippen LogP) is 3.30. The molecule has 162 valence electrons. The van der Waals surface area contributed by atoms with Crippen LogP contribution in [0.3, 0.4) is 0 Å². The maximum absolute atomic E-state index is 13.0. The van der Waals surface area contributed by atoms with Crippen molar-refractivity contribution in [1.29, 1.82) is 0 Å². The summed E-state index contributed by atoms with van der Waals surface area (Å²) in [4.78, 5) is 27.5. The van der Waals surface area contributed by atoms with Gasteiger partial charge in [-0.2, -0.15) is 0 Å². The van der Waals surface area contributed by atoms with E-state index in [4.69, 9.17) is 14.2 Å². The number of carbonyl (C=O) groups excluding carboxylic acids is 2. The Morgan fingerprint density at radius 2 is 1.65 bits per heavy atom. The first-order valence-electron chi connectivity index (χ1n) is 10.2. The summed E-state index contributed by atoms with van der Waals surface area (Å²) in [7, 11) is 3.12. The number of Topliss-reactive ketones (excluding diaryl/α,β-unsaturated/α-hetero) is 1. The molecule has 0 aromatic heterocycles. The summed E-state index contributed by atoms with van der Waals surface area (Å²) in [6, 6.07) is 13.2. The molecule has 1 N–H and O–H groups in total. The molecule has 2 fully saturated rings. The number of carbonyl (C=O) groups is 2. The van der Waals surface area contributed by atoms with E-state index in [-0.39, 0.29) is 17.4 Å². The summed E-state index contributed by atoms with van der Waals surface area (Å²) in [5.74, 6) is -0.257. The topological polar surface area (TPSA) is 85.3 Å². The van der Waals surface area contributed by atoms with Gasteiger partial charge in [0.25, 0.3) is 11.7 Å². The van der Waals surface area contributed by atoms with Crippen LogP contribution in [-0.2, 0) is 14.3 Å². The summed E-state index contributed by atoms with van der Waals surface area (Å²) in [5, 5.41) is 11.1. The molecule has 31 heavy (non-hydrogen) atoms. The van der Waals surface area contributed by atoms with Crippen molar-refractivity contribution >= 4 is 17.4 Å². The summed E-state index contributed by atoms with van der Waals surface area (Å²) in [6.45, 7) is 0.939. The Hall–Kier alpha value is -3.32. The SMILES string of the molecule is COc1ccc(C(O)=C2C(=O)C(=O)N(C[C@@H]3CCCO3)[C@@H]2c2ccc(OC)cc2)cc1. The molecule has 0 unspecified atom stereocenters. The van der Waals surface area contributed by atoms with E-state index in [2.05, 4.69) is 0 Å². The number of nitrogens with zero attached hydrogens (tertiary/aromatic N) is 1. The van der Waals surface area contributed by atoms with Gasteiger partial charge in [-0.3, -0.25) is 9.59 Å². The highest BCUT2D eigenvalue weighted by Crippen LogP contribution is 2.40. The van der Waals surface area contributed by atoms with E-state index in [9.17, 15) is 14.7 Å². The zero-order chi connectivity index (χ0) is 22.0. The zero-order valence-corrected chi connectivity index (χ0v) is 17.5. The van der Waals surface area contributed by atoms with Gasteiger partial charge in [0, 0.05) is 18.7 Å². The van der Waals surface area contributed by atoms with Crippen LogP contribution in [0.1, 0.15) is 30.0 Å². The molecule has 0 saturated carbocycles. The van der Waals surface area contributed by atoms with Gasteiger partial charge in [-0.25, -0.2) is 0 Å². The van der Waals surface area contributed by atoms with Gasteiger partial charge < -0.3 is 24.2 Å². The maximum atomic E-state index is 13.0. The third kappa shape index (κ3) is 4.01. The minimum atomic E-state index is -0.711. The second-order valence-electron chi connectivity index (χ2n) is 7.59. The van der Waals surface area contributed by atoms with Crippen molar-refractivity contribution < 1.29 is 28.9 Å². The lowest BCUT2D eigenvalue weighted by molar-refractivity contribution is -0.140. The van der Waals surface area contributed by atoms with Gasteiger partial charge in [-0.1, -0.05) is 12.1 Å². The van der Waals surface area contributed by atoms with E-state index in [0.717, 1.165) is 12.8 Å². The van der Waals surface area contributed by atoms with Crippen LogP contribution in [0.5, 0.6) is 11.5 Å². The summed E-state index contributed by atoms with van der Waals surface area (Å²) in [5.41, 5.74) is 1.22. The van der Waals surface area contributed by atoms with Crippen molar-refractivity contribution in [3.63, 3.8) is 0 Å². The van der Waals surface area contributed by atoms with Crippen LogP contribution in [0, 0.1) is 0 Å². The van der Waals surface area contributed by atoms with Crippen LogP contribution in [0.4, 0.5) is 0 Å². The van der Waals surface area contributed by atoms with E-state index >= 15 is 0 Å². The Morgan fingerprint density at radius 1 is 1.03 bits per heavy atom. The van der Waals surface area contributed by atoms with Gasteiger partial charge in [-0.15, -0.1) is 0 Å². The predicted molar refractivity (Wildman–Crippen MR) is 114 cm³/mol. The number of ketones is 1. The standard InChI is InChI=1S/C24H25NO6/c1-29-17-9-5-15(6-10-17)21-20(22(26)16-7-11-18(30-2)12-8-16)23(27)24(28)25(21)14-19-4-3-13-31-19/h5-12,19,21,26H,3-4,13-14H2,1-2H3/t19-,21+/m0/s1. The first-order chi connectivity index (χ1) is 15.0. The smallest absolute Gasteiger partial charge is 0.295 e. The Morgan fingerprint density at radius 3 is 2.19 bits per heavy atom. The van der Waals surface area contributed by atoms with Gasteiger partial charge in [0.15, 0.2) is 0 Å². The van der Waals surface area contributed by atoms with Crippen molar-refractivity contribution in [2.45, 2.75) is 25.0 Å². The third-order valence-electron chi connectivity index (χ3n) is 5.76. The van der Waals surface area contributed by atoms with E-state index in [1.54, 1.807) is 62.8 Å². The molecule has 2 heterocycles. The molecular weight excluding hydrogens is 398 g/mol. The number of hydrogen-bond acceptors (Lipinski definition) is 6. The molecule has 7 nitrogen and oxygen atoms in total. The molecule has 0 bridgehead atoms. The second-order valence-corrected chi connectivity index (χ2v) is 7.59. The number of aliphatic hydroxyl groups is 1. The fraction of sp³-hybridized carbons (Fsp3) is 0.333. The monoisotopic (exact) mass is 423 g/mol. The lowest BCUT2D eigenvalue weighted by atomic mass is 9.95. The van der Waals surface area contributed by atoms with Crippen LogP contribution in [-0.4, -0.2) is 55.2 Å². The summed E-state index contributed by atoms with van der Waals surface area (Å²) >= 11 is 0. The Balaban J connectivity index is 1.79. The van der Waals surface area contributed by atoms with Crippen molar-refractivity contribution in [2.75, 3.05) is 27.4 Å². The minimum absolute atomic E-state index is 0.0679. The molecule has 2 atom stereocenters. The Bertz CT molecular complexity index is 990. The molecule has 2 aromatic rings. The number of ether oxygens (including phenoxy) is 3. The number of methoxy groups -OCH3 is 2. The van der Waals surface area contributed by atoms with Gasteiger partial charge in [0.05, 0.1) is 31.9 Å². The van der Waals surface area contributed by atoms with Gasteiger partial charge in [-0.05, 0) is 54.8 Å². The molecule has 0 spiro atoms. The Labute approximate surface area is 180 Å². The van der Waals surface area contributed by atoms with E-state index in [1.165, 1.54) is 4.90 Å². The van der Waals surface area contributed by atoms with Crippen molar-refractivity contribution in [2.24, 2.45) is 0 Å². The molecule has 2 aromatic carbocycles. The van der Waals surface area contributed by atoms with Gasteiger partial charge >= 0.3 is 0 Å². The number of likely N-dealkylation sites (tertiary alicyclic amines) is 1. The average Bonchev–Trinajstić information content (AvgIpc) is 3.41. The lowest BCUT2D eigenvalue weighted by Gasteiger charge is -2.27. The fourth-order valence-corrected chi connectivity index (χ4v) is 4.11. The average molecular weight is 423 g/mol. The van der Waals surface area contributed by atoms with E-state index in [0.29, 0.717) is 35.8 Å². The van der Waals surface area contributed by atoms with Crippen LogP contribution in [0.2, 0.25) is 0 Å². The number of rotatable bonds is 6. The number of hydrogen-bond donors (Lipinski definition) is 1. The van der Waals surface area contributed by atoms with E-state index < -0.39 is 17.7 Å². The molecule has 1 amide bonds. The molecule has 2 saturated heterocycles. The molecular formula is C24H25NO6. The molecule has 2 aliphatic heterocycles. The van der Waals surface area contributed by atoms with Crippen LogP contribution in [0.25, 0.3) is 5.76 Å². The lowest BCUT2D eigenvalue weighted by Crippen LogP contribution is -2.36. The van der Waals surface area contributed by atoms with Crippen molar-refractivity contribution in [3.05, 3.63) is 65.2 Å². The normalized spacial score (nSPS) is 22.7.